The molecule has 0 aliphatic heterocycles. The average molecular weight is 452 g/mol. The van der Waals surface area contributed by atoms with Gasteiger partial charge in [0, 0.05) is 0 Å². The minimum atomic E-state index is -4.73. The van der Waals surface area contributed by atoms with Gasteiger partial charge in [-0.25, -0.2) is 4.98 Å². The van der Waals surface area contributed by atoms with E-state index in [-0.39, 0.29) is 17.5 Å². The molecule has 0 unspecified atom stereocenters. The number of benzene rings is 3. The molecule has 0 bridgehead atoms. The molecule has 0 atom stereocenters. The van der Waals surface area contributed by atoms with Crippen LogP contribution < -0.4 is 10.9 Å². The molecule has 1 heterocycles. The Morgan fingerprint density at radius 2 is 1.39 bits per heavy atom. The highest BCUT2D eigenvalue weighted by Crippen LogP contribution is 2.31. The predicted octanol–water partition coefficient (Wildman–Crippen LogP) is 4.11. The molecule has 0 saturated heterocycles. The number of hydrogen-bond acceptors (Lipinski definition) is 3. The number of alkyl halides is 3. The lowest BCUT2D eigenvalue weighted by atomic mass is 10.0. The van der Waals surface area contributed by atoms with Gasteiger partial charge < -0.3 is 4.57 Å². The van der Waals surface area contributed by atoms with Gasteiger partial charge in [0.25, 0.3) is 5.91 Å². The number of rotatable bonds is 5. The van der Waals surface area contributed by atoms with Crippen LogP contribution in [0, 0.1) is 0 Å². The first-order valence-electron chi connectivity index (χ1n) is 10.1. The summed E-state index contributed by atoms with van der Waals surface area (Å²) < 4.78 is 40.8. The molecule has 0 aliphatic rings. The van der Waals surface area contributed by atoms with E-state index in [0.717, 1.165) is 21.3 Å². The maximum atomic E-state index is 13.3. The lowest BCUT2D eigenvalue weighted by Gasteiger charge is -2.12. The van der Waals surface area contributed by atoms with Crippen LogP contribution in [0.15, 0.2) is 78.9 Å². The number of carbonyl (C=O) groups is 2. The second-order valence-electron chi connectivity index (χ2n) is 7.34. The molecule has 0 spiro atoms. The summed E-state index contributed by atoms with van der Waals surface area (Å²) in [5.41, 5.74) is 7.48. The third kappa shape index (κ3) is 5.20. The number of hydrazine groups is 1. The van der Waals surface area contributed by atoms with E-state index in [9.17, 15) is 22.8 Å². The zero-order valence-electron chi connectivity index (χ0n) is 17.3. The van der Waals surface area contributed by atoms with Crippen molar-refractivity contribution in [3.8, 4) is 11.1 Å². The molecule has 1 aromatic heterocycles. The number of nitrogens with one attached hydrogen (secondary N) is 2. The fraction of sp³-hybridized carbons (Fsp3) is 0.125. The summed E-state index contributed by atoms with van der Waals surface area (Å²) in [6.07, 6.45) is -4.73. The van der Waals surface area contributed by atoms with Crippen LogP contribution in [0.1, 0.15) is 11.4 Å². The maximum absolute atomic E-state index is 13.3. The summed E-state index contributed by atoms with van der Waals surface area (Å²) in [6.45, 7) is -0.651. The Hall–Kier alpha value is -4.14. The van der Waals surface area contributed by atoms with Gasteiger partial charge in [0.15, 0.2) is 0 Å². The van der Waals surface area contributed by atoms with Crippen molar-refractivity contribution in [3.05, 3.63) is 90.3 Å². The van der Waals surface area contributed by atoms with Gasteiger partial charge in [-0.05, 0) is 28.8 Å². The minimum absolute atomic E-state index is 0.00282. The molecule has 4 aromatic rings. The van der Waals surface area contributed by atoms with Crippen molar-refractivity contribution in [2.75, 3.05) is 0 Å². The van der Waals surface area contributed by atoms with Gasteiger partial charge >= 0.3 is 6.18 Å². The second-order valence-corrected chi connectivity index (χ2v) is 7.34. The molecular weight excluding hydrogens is 433 g/mol. The van der Waals surface area contributed by atoms with Gasteiger partial charge in [0.2, 0.25) is 11.7 Å². The molecule has 0 saturated carbocycles. The van der Waals surface area contributed by atoms with Gasteiger partial charge in [-0.3, -0.25) is 20.4 Å². The van der Waals surface area contributed by atoms with E-state index in [1.807, 2.05) is 42.5 Å². The molecule has 6 nitrogen and oxygen atoms in total. The summed E-state index contributed by atoms with van der Waals surface area (Å²) in [5, 5.41) is 0. The fourth-order valence-electron chi connectivity index (χ4n) is 3.45. The average Bonchev–Trinajstić information content (AvgIpc) is 3.18. The highest BCUT2D eigenvalue weighted by molar-refractivity contribution is 5.85. The quantitative estimate of drug-likeness (QED) is 0.448. The highest BCUT2D eigenvalue weighted by atomic mass is 19.4. The van der Waals surface area contributed by atoms with Crippen LogP contribution in [-0.2, 0) is 28.7 Å². The first kappa shape index (κ1) is 22.1. The first-order chi connectivity index (χ1) is 15.8. The van der Waals surface area contributed by atoms with Gasteiger partial charge in [-0.1, -0.05) is 66.7 Å². The smallest absolute Gasteiger partial charge is 0.311 e. The Balaban J connectivity index is 1.36. The SMILES string of the molecule is O=C(Cc1ccc(-c2ccccc2)cc1)NNC(=O)Cn1c(C(F)(F)F)nc2ccccc21. The van der Waals surface area contributed by atoms with Crippen LogP contribution >= 0.6 is 0 Å². The molecule has 2 N–H and O–H groups in total. The van der Waals surface area contributed by atoms with Crippen LogP contribution in [0.3, 0.4) is 0 Å². The van der Waals surface area contributed by atoms with E-state index in [1.54, 1.807) is 24.3 Å². The Bertz CT molecular complexity index is 1280. The van der Waals surface area contributed by atoms with Crippen molar-refractivity contribution >= 4 is 22.8 Å². The number of nitrogens with zero attached hydrogens (tertiary/aromatic N) is 2. The molecule has 0 fully saturated rings. The van der Waals surface area contributed by atoms with Crippen LogP contribution in [0.2, 0.25) is 0 Å². The summed E-state index contributed by atoms with van der Waals surface area (Å²) in [4.78, 5) is 28.0. The van der Waals surface area contributed by atoms with Crippen LogP contribution in [0.5, 0.6) is 0 Å². The van der Waals surface area contributed by atoms with Gasteiger partial charge in [0.1, 0.15) is 6.54 Å². The normalized spacial score (nSPS) is 11.4. The van der Waals surface area contributed by atoms with Gasteiger partial charge in [-0.15, -0.1) is 0 Å². The Kier molecular flexibility index (Phi) is 6.12. The zero-order valence-corrected chi connectivity index (χ0v) is 17.3. The molecule has 168 valence electrons. The minimum Gasteiger partial charge on any atom is -0.311 e. The number of carbonyl (C=O) groups excluding carboxylic acids is 2. The molecule has 2 amide bonds. The van der Waals surface area contributed by atoms with E-state index < -0.39 is 30.4 Å². The lowest BCUT2D eigenvalue weighted by Crippen LogP contribution is -2.44. The molecule has 9 heteroatoms. The van der Waals surface area contributed by atoms with E-state index in [2.05, 4.69) is 15.8 Å². The van der Waals surface area contributed by atoms with Crippen molar-refractivity contribution in [2.24, 2.45) is 0 Å². The van der Waals surface area contributed by atoms with Crippen molar-refractivity contribution in [1.29, 1.82) is 0 Å². The summed E-state index contributed by atoms with van der Waals surface area (Å²) in [7, 11) is 0. The van der Waals surface area contributed by atoms with Crippen molar-refractivity contribution in [3.63, 3.8) is 0 Å². The Labute approximate surface area is 187 Å². The number of fused-ring (bicyclic) bond motifs is 1. The standard InChI is InChI=1S/C24H19F3N4O2/c25-24(26,27)23-28-19-8-4-5-9-20(19)31(23)15-22(33)30-29-21(32)14-16-10-12-18(13-11-16)17-6-2-1-3-7-17/h1-13H,14-15H2,(H,29,32)(H,30,33). The largest absolute Gasteiger partial charge is 0.449 e. The van der Waals surface area contributed by atoms with Crippen LogP contribution in [0.4, 0.5) is 13.2 Å². The van der Waals surface area contributed by atoms with Gasteiger partial charge in [0.05, 0.1) is 17.5 Å². The van der Waals surface area contributed by atoms with Crippen molar-refractivity contribution < 1.29 is 22.8 Å². The number of para-hydroxylation sites is 2. The summed E-state index contributed by atoms with van der Waals surface area (Å²) in [6, 6.07) is 23.1. The van der Waals surface area contributed by atoms with Crippen LogP contribution in [-0.4, -0.2) is 21.4 Å². The molecule has 0 aliphatic carbocycles. The summed E-state index contributed by atoms with van der Waals surface area (Å²) in [5.74, 6) is -2.48. The molecular formula is C24H19F3N4O2. The number of aromatic nitrogens is 2. The topological polar surface area (TPSA) is 76.0 Å². The Morgan fingerprint density at radius 3 is 2.09 bits per heavy atom. The summed E-state index contributed by atoms with van der Waals surface area (Å²) >= 11 is 0. The number of halogens is 3. The maximum Gasteiger partial charge on any atom is 0.449 e. The molecule has 4 rings (SSSR count). The monoisotopic (exact) mass is 452 g/mol. The Morgan fingerprint density at radius 1 is 0.788 bits per heavy atom. The fourth-order valence-corrected chi connectivity index (χ4v) is 3.45. The first-order valence-corrected chi connectivity index (χ1v) is 10.1. The third-order valence-electron chi connectivity index (χ3n) is 4.98. The van der Waals surface area contributed by atoms with Crippen molar-refractivity contribution in [2.45, 2.75) is 19.1 Å². The highest BCUT2D eigenvalue weighted by Gasteiger charge is 2.38. The number of amides is 2. The number of hydrogen-bond donors (Lipinski definition) is 2. The van der Waals surface area contributed by atoms with E-state index in [4.69, 9.17) is 0 Å². The molecule has 0 radical (unpaired) electrons. The molecule has 33 heavy (non-hydrogen) atoms. The van der Waals surface area contributed by atoms with E-state index >= 15 is 0 Å². The second kappa shape index (κ2) is 9.15. The van der Waals surface area contributed by atoms with Crippen molar-refractivity contribution in [1.82, 2.24) is 20.4 Å². The van der Waals surface area contributed by atoms with Crippen LogP contribution in [0.25, 0.3) is 22.2 Å². The predicted molar refractivity (Wildman–Crippen MR) is 117 cm³/mol. The van der Waals surface area contributed by atoms with Gasteiger partial charge in [-0.2, -0.15) is 13.2 Å². The van der Waals surface area contributed by atoms with E-state index in [0.29, 0.717) is 0 Å². The van der Waals surface area contributed by atoms with E-state index in [1.165, 1.54) is 12.1 Å². The lowest BCUT2D eigenvalue weighted by molar-refractivity contribution is -0.147. The molecule has 3 aromatic carbocycles. The third-order valence-corrected chi connectivity index (χ3v) is 4.98. The number of imidazole rings is 1. The zero-order chi connectivity index (χ0) is 23.4.